The summed E-state index contributed by atoms with van der Waals surface area (Å²) in [7, 11) is 0. The van der Waals surface area contributed by atoms with E-state index < -0.39 is 0 Å². The second-order valence-electron chi connectivity index (χ2n) is 10.6. The van der Waals surface area contributed by atoms with Gasteiger partial charge in [0.15, 0.2) is 14.7 Å². The third-order valence-electron chi connectivity index (χ3n) is 8.04. The highest BCUT2D eigenvalue weighted by atomic mass is 32.1. The molecule has 0 aliphatic carbocycles. The number of furan rings is 3. The van der Waals surface area contributed by atoms with E-state index in [1.165, 1.54) is 46.9 Å². The molecule has 0 radical (unpaired) electrons. The second kappa shape index (κ2) is 8.84. The summed E-state index contributed by atoms with van der Waals surface area (Å²) < 4.78 is 27.5. The largest absolute Gasteiger partial charge is 0.454 e. The maximum absolute atomic E-state index is 6.13. The minimum Gasteiger partial charge on any atom is -0.454 e. The first-order valence-corrected chi connectivity index (χ1v) is 16.2. The van der Waals surface area contributed by atoms with E-state index in [1.807, 2.05) is 24.3 Å². The Bertz CT molecular complexity index is 2670. The van der Waals surface area contributed by atoms with Crippen LogP contribution in [0.3, 0.4) is 0 Å². The molecule has 0 bridgehead atoms. The van der Waals surface area contributed by atoms with E-state index in [2.05, 4.69) is 78.9 Å². The third-order valence-corrected chi connectivity index (χ3v) is 11.2. The molecule has 0 saturated heterocycles. The molecule has 6 heterocycles. The van der Waals surface area contributed by atoms with E-state index >= 15 is 0 Å². The van der Waals surface area contributed by atoms with Gasteiger partial charge < -0.3 is 18.0 Å². The van der Waals surface area contributed by atoms with Crippen LogP contribution in [0.15, 0.2) is 123 Å². The molecule has 0 unspecified atom stereocenters. The van der Waals surface area contributed by atoms with Gasteiger partial charge in [0.1, 0.15) is 0 Å². The van der Waals surface area contributed by atoms with Crippen molar-refractivity contribution in [1.29, 1.82) is 0 Å². The molecule has 0 spiro atoms. The van der Waals surface area contributed by atoms with Crippen molar-refractivity contribution in [2.24, 2.45) is 0 Å². The first-order valence-electron chi connectivity index (χ1n) is 13.8. The molecule has 0 fully saturated rings. The summed E-state index contributed by atoms with van der Waals surface area (Å²) in [6.45, 7) is 0. The number of ether oxygens (including phenoxy) is 1. The number of benzene rings is 4. The van der Waals surface area contributed by atoms with E-state index in [0.29, 0.717) is 11.9 Å². The number of hydrogen-bond donors (Lipinski definition) is 0. The van der Waals surface area contributed by atoms with E-state index in [4.69, 9.17) is 18.0 Å². The van der Waals surface area contributed by atoms with Gasteiger partial charge in [0.05, 0.1) is 6.26 Å². The Balaban J connectivity index is 1.00. The first kappa shape index (κ1) is 23.7. The minimum atomic E-state index is 0.428. The molecule has 0 aliphatic rings. The Morgan fingerprint density at radius 2 is 1.00 bits per heavy atom. The molecule has 0 atom stereocenters. The highest BCUT2D eigenvalue weighted by molar-refractivity contribution is 7.26. The molecule has 0 N–H and O–H groups in total. The van der Waals surface area contributed by atoms with Gasteiger partial charge in [0.25, 0.3) is 11.9 Å². The zero-order chi connectivity index (χ0) is 28.1. The van der Waals surface area contributed by atoms with Crippen LogP contribution in [0.4, 0.5) is 0 Å². The molecular weight excluding hydrogens is 593 g/mol. The van der Waals surface area contributed by atoms with Gasteiger partial charge in [-0.3, -0.25) is 0 Å². The smallest absolute Gasteiger partial charge is 0.294 e. The monoisotopic (exact) mass is 610 g/mol. The topological polar surface area (TPSA) is 48.7 Å². The molecule has 204 valence electrons. The van der Waals surface area contributed by atoms with Crippen LogP contribution in [0.1, 0.15) is 0 Å². The van der Waals surface area contributed by atoms with Crippen molar-refractivity contribution >= 4 is 95.1 Å². The molecule has 7 heteroatoms. The predicted octanol–water partition coefficient (Wildman–Crippen LogP) is 12.7. The van der Waals surface area contributed by atoms with Crippen LogP contribution in [0.25, 0.3) is 83.4 Å². The van der Waals surface area contributed by atoms with Gasteiger partial charge in [-0.1, -0.05) is 82.5 Å². The van der Waals surface area contributed by atoms with Gasteiger partial charge in [0, 0.05) is 58.5 Å². The Kier molecular flexibility index (Phi) is 4.88. The van der Waals surface area contributed by atoms with Crippen molar-refractivity contribution in [2.45, 2.75) is 0 Å². The van der Waals surface area contributed by atoms with Gasteiger partial charge in [-0.05, 0) is 64.7 Å². The predicted molar refractivity (Wildman–Crippen MR) is 179 cm³/mol. The van der Waals surface area contributed by atoms with E-state index in [-0.39, 0.29) is 0 Å². The zero-order valence-corrected chi connectivity index (χ0v) is 24.7. The zero-order valence-electron chi connectivity index (χ0n) is 22.3. The van der Waals surface area contributed by atoms with Gasteiger partial charge in [-0.25, -0.2) is 0 Å². The molecule has 0 saturated carbocycles. The molecular formula is C36H18O4S3. The summed E-state index contributed by atoms with van der Waals surface area (Å²) in [5, 5.41) is 6.83. The fourth-order valence-corrected chi connectivity index (χ4v) is 9.04. The maximum atomic E-state index is 6.13. The average molecular weight is 611 g/mol. The fourth-order valence-electron chi connectivity index (χ4n) is 5.98. The van der Waals surface area contributed by atoms with Crippen molar-refractivity contribution in [3.05, 3.63) is 109 Å². The molecule has 6 aromatic heterocycles. The van der Waals surface area contributed by atoms with Crippen molar-refractivity contribution in [1.82, 2.24) is 0 Å². The van der Waals surface area contributed by atoms with Crippen LogP contribution >= 0.6 is 34.0 Å². The third kappa shape index (κ3) is 3.66. The molecule has 10 rings (SSSR count). The molecule has 4 aromatic carbocycles. The van der Waals surface area contributed by atoms with Crippen LogP contribution in [-0.4, -0.2) is 0 Å². The van der Waals surface area contributed by atoms with Gasteiger partial charge in [-0.2, -0.15) is 0 Å². The summed E-state index contributed by atoms with van der Waals surface area (Å²) in [5.74, 6) is 0.862. The second-order valence-corrected chi connectivity index (χ2v) is 13.6. The van der Waals surface area contributed by atoms with Crippen molar-refractivity contribution < 1.29 is 18.0 Å². The quantitative estimate of drug-likeness (QED) is 0.199. The summed E-state index contributed by atoms with van der Waals surface area (Å²) in [6, 6.07) is 36.3. The molecule has 43 heavy (non-hydrogen) atoms. The number of hydrogen-bond acceptors (Lipinski definition) is 7. The highest BCUT2D eigenvalue weighted by Crippen LogP contribution is 2.44. The first-order chi connectivity index (χ1) is 21.2. The molecule has 10 aromatic rings. The Morgan fingerprint density at radius 1 is 0.419 bits per heavy atom. The van der Waals surface area contributed by atoms with Crippen LogP contribution < -0.4 is 4.74 Å². The molecule has 0 amide bonds. The van der Waals surface area contributed by atoms with Crippen LogP contribution in [0.5, 0.6) is 11.9 Å². The number of fused-ring (bicyclic) bond motifs is 9. The van der Waals surface area contributed by atoms with Crippen molar-refractivity contribution in [2.75, 3.05) is 0 Å². The summed E-state index contributed by atoms with van der Waals surface area (Å²) in [6.07, 6.45) is 1.77. The van der Waals surface area contributed by atoms with Gasteiger partial charge in [0.2, 0.25) is 0 Å². The Labute approximate surface area is 255 Å². The lowest BCUT2D eigenvalue weighted by Crippen LogP contribution is -1.82. The van der Waals surface area contributed by atoms with Gasteiger partial charge >= 0.3 is 0 Å². The fraction of sp³-hybridized carbons (Fsp3) is 0. The molecule has 4 nitrogen and oxygen atoms in total. The minimum absolute atomic E-state index is 0.428. The molecule has 0 aliphatic heterocycles. The Hall–Kier alpha value is -4.82. The van der Waals surface area contributed by atoms with E-state index in [9.17, 15) is 0 Å². The van der Waals surface area contributed by atoms with E-state index in [1.54, 1.807) is 40.3 Å². The maximum Gasteiger partial charge on any atom is 0.294 e. The van der Waals surface area contributed by atoms with E-state index in [0.717, 1.165) is 36.4 Å². The van der Waals surface area contributed by atoms with Gasteiger partial charge in [-0.15, -0.1) is 0 Å². The number of thiophene rings is 3. The standard InChI is InChI=1S/C36H18O4S3/c1-2-7-29-23(6-1)27-17-32(39-35(27)42-29)38-33-18-28-26-16-22(9-11-31(26)43-36(28)40-33)20-5-3-4-19(14-20)21-8-10-30-25(15-21)24-12-13-37-34(24)41-30/h1-18H. The number of rotatable bonds is 4. The lowest BCUT2D eigenvalue weighted by molar-refractivity contribution is 0.297. The van der Waals surface area contributed by atoms with Crippen molar-refractivity contribution in [3.8, 4) is 34.1 Å². The normalized spacial score (nSPS) is 12.2. The lowest BCUT2D eigenvalue weighted by Gasteiger charge is -2.07. The van der Waals surface area contributed by atoms with Crippen LogP contribution in [-0.2, 0) is 0 Å². The lowest BCUT2D eigenvalue weighted by atomic mass is 9.97. The Morgan fingerprint density at radius 3 is 1.72 bits per heavy atom. The highest BCUT2D eigenvalue weighted by Gasteiger charge is 2.17. The van der Waals surface area contributed by atoms with Crippen molar-refractivity contribution in [3.63, 3.8) is 0 Å². The summed E-state index contributed by atoms with van der Waals surface area (Å²) in [4.78, 5) is 2.66. The van der Waals surface area contributed by atoms with Crippen LogP contribution in [0.2, 0.25) is 0 Å². The summed E-state index contributed by atoms with van der Waals surface area (Å²) >= 11 is 4.94. The SMILES string of the molecule is c1cc(-c2ccc3sc4occc4c3c2)cc(-c2ccc3sc4oc(Oc5cc6c(o5)sc5ccccc56)cc4c3c2)c1. The van der Waals surface area contributed by atoms with Crippen LogP contribution in [0, 0.1) is 0 Å². The summed E-state index contributed by atoms with van der Waals surface area (Å²) in [5.41, 5.74) is 4.70. The average Bonchev–Trinajstić information content (AvgIpc) is 3.86.